The van der Waals surface area contributed by atoms with E-state index in [0.717, 1.165) is 31.0 Å². The van der Waals surface area contributed by atoms with Crippen molar-refractivity contribution in [3.05, 3.63) is 22.1 Å². The number of azide groups is 1. The Kier molecular flexibility index (Phi) is 2.14. The molecule has 0 saturated carbocycles. The van der Waals surface area contributed by atoms with Crippen LogP contribution in [0.2, 0.25) is 0 Å². The van der Waals surface area contributed by atoms with E-state index in [-0.39, 0.29) is 0 Å². The highest BCUT2D eigenvalue weighted by atomic mass is 15.3. The standard InChI is InChI=1S/C7H10N6/c8-12-9-5-7-11-10-6-3-1-2-4-13(6)7/h1-5H2. The highest BCUT2D eigenvalue weighted by Gasteiger charge is 2.14. The van der Waals surface area contributed by atoms with Gasteiger partial charge < -0.3 is 4.57 Å². The first-order valence-corrected chi connectivity index (χ1v) is 4.33. The molecule has 0 aliphatic carbocycles. The molecule has 6 nitrogen and oxygen atoms in total. The van der Waals surface area contributed by atoms with Gasteiger partial charge in [0, 0.05) is 17.9 Å². The number of aromatic nitrogens is 3. The normalized spacial score (nSPS) is 14.8. The molecule has 0 spiro atoms. The number of hydrogen-bond acceptors (Lipinski definition) is 3. The summed E-state index contributed by atoms with van der Waals surface area (Å²) in [6, 6.07) is 0. The average Bonchev–Trinajstić information content (AvgIpc) is 2.58. The summed E-state index contributed by atoms with van der Waals surface area (Å²) in [6.07, 6.45) is 3.33. The predicted molar refractivity (Wildman–Crippen MR) is 45.8 cm³/mol. The minimum atomic E-state index is 0.309. The molecule has 0 aromatic carbocycles. The van der Waals surface area contributed by atoms with Gasteiger partial charge in [0.05, 0.1) is 6.54 Å². The fourth-order valence-electron chi connectivity index (χ4n) is 1.58. The zero-order valence-electron chi connectivity index (χ0n) is 7.22. The lowest BCUT2D eigenvalue weighted by atomic mass is 10.2. The van der Waals surface area contributed by atoms with Crippen molar-refractivity contribution in [1.29, 1.82) is 0 Å². The highest BCUT2D eigenvalue weighted by molar-refractivity contribution is 4.98. The van der Waals surface area contributed by atoms with Gasteiger partial charge in [-0.05, 0) is 18.4 Å². The lowest BCUT2D eigenvalue weighted by Crippen LogP contribution is -2.12. The zero-order valence-corrected chi connectivity index (χ0v) is 7.22. The molecule has 2 heterocycles. The smallest absolute Gasteiger partial charge is 0.138 e. The largest absolute Gasteiger partial charge is 0.315 e. The van der Waals surface area contributed by atoms with Crippen LogP contribution >= 0.6 is 0 Å². The van der Waals surface area contributed by atoms with Gasteiger partial charge in [0.2, 0.25) is 0 Å². The maximum Gasteiger partial charge on any atom is 0.138 e. The Morgan fingerprint density at radius 2 is 2.38 bits per heavy atom. The Labute approximate surface area is 75.2 Å². The van der Waals surface area contributed by atoms with Crippen LogP contribution in [0.25, 0.3) is 10.4 Å². The van der Waals surface area contributed by atoms with Crippen molar-refractivity contribution in [1.82, 2.24) is 14.8 Å². The van der Waals surface area contributed by atoms with E-state index in [4.69, 9.17) is 5.53 Å². The molecule has 68 valence electrons. The highest BCUT2D eigenvalue weighted by Crippen LogP contribution is 2.14. The first kappa shape index (κ1) is 8.07. The summed E-state index contributed by atoms with van der Waals surface area (Å²) in [5.41, 5.74) is 8.17. The Morgan fingerprint density at radius 3 is 3.23 bits per heavy atom. The summed E-state index contributed by atoms with van der Waals surface area (Å²) < 4.78 is 2.05. The quantitative estimate of drug-likeness (QED) is 0.390. The van der Waals surface area contributed by atoms with Gasteiger partial charge >= 0.3 is 0 Å². The van der Waals surface area contributed by atoms with Gasteiger partial charge in [0.1, 0.15) is 11.6 Å². The Hall–Kier alpha value is -1.55. The van der Waals surface area contributed by atoms with E-state index in [1.807, 2.05) is 0 Å². The van der Waals surface area contributed by atoms with E-state index >= 15 is 0 Å². The van der Waals surface area contributed by atoms with Crippen LogP contribution in [0, 0.1) is 0 Å². The van der Waals surface area contributed by atoms with Gasteiger partial charge in [-0.2, -0.15) is 0 Å². The SMILES string of the molecule is [N-]=[N+]=NCc1nnc2n1CCCC2. The molecule has 13 heavy (non-hydrogen) atoms. The maximum atomic E-state index is 8.17. The van der Waals surface area contributed by atoms with Crippen molar-refractivity contribution in [2.24, 2.45) is 5.11 Å². The van der Waals surface area contributed by atoms with Crippen LogP contribution in [0.3, 0.4) is 0 Å². The molecule has 6 heteroatoms. The van der Waals surface area contributed by atoms with Crippen molar-refractivity contribution in [2.45, 2.75) is 32.4 Å². The van der Waals surface area contributed by atoms with Crippen LogP contribution in [0.15, 0.2) is 5.11 Å². The second-order valence-electron chi connectivity index (χ2n) is 3.03. The number of nitrogens with zero attached hydrogens (tertiary/aromatic N) is 6. The third kappa shape index (κ3) is 1.48. The number of rotatable bonds is 2. The summed E-state index contributed by atoms with van der Waals surface area (Å²) in [5.74, 6) is 1.81. The molecule has 0 atom stereocenters. The van der Waals surface area contributed by atoms with Crippen LogP contribution in [0.4, 0.5) is 0 Å². The Bertz CT molecular complexity index is 348. The van der Waals surface area contributed by atoms with Crippen molar-refractivity contribution >= 4 is 0 Å². The average molecular weight is 178 g/mol. The van der Waals surface area contributed by atoms with Crippen molar-refractivity contribution in [3.63, 3.8) is 0 Å². The first-order chi connectivity index (χ1) is 6.42. The van der Waals surface area contributed by atoms with Crippen molar-refractivity contribution < 1.29 is 0 Å². The summed E-state index contributed by atoms with van der Waals surface area (Å²) in [7, 11) is 0. The Morgan fingerprint density at radius 1 is 1.46 bits per heavy atom. The van der Waals surface area contributed by atoms with E-state index in [0.29, 0.717) is 6.54 Å². The second-order valence-corrected chi connectivity index (χ2v) is 3.03. The van der Waals surface area contributed by atoms with Crippen LogP contribution < -0.4 is 0 Å². The molecule has 0 amide bonds. The number of aryl methyl sites for hydroxylation is 1. The molecule has 1 aliphatic heterocycles. The maximum absolute atomic E-state index is 8.17. The van der Waals surface area contributed by atoms with E-state index in [2.05, 4.69) is 24.8 Å². The minimum absolute atomic E-state index is 0.309. The predicted octanol–water partition coefficient (Wildman–Crippen LogP) is 1.42. The molecule has 0 bridgehead atoms. The lowest BCUT2D eigenvalue weighted by Gasteiger charge is -2.13. The molecule has 0 N–H and O–H groups in total. The topological polar surface area (TPSA) is 79.5 Å². The van der Waals surface area contributed by atoms with Gasteiger partial charge in [-0.25, -0.2) is 0 Å². The van der Waals surface area contributed by atoms with Gasteiger partial charge in [0.25, 0.3) is 0 Å². The number of hydrogen-bond donors (Lipinski definition) is 0. The summed E-state index contributed by atoms with van der Waals surface area (Å²) in [5, 5.41) is 11.5. The van der Waals surface area contributed by atoms with Crippen LogP contribution in [-0.4, -0.2) is 14.8 Å². The Balaban J connectivity index is 2.26. The van der Waals surface area contributed by atoms with E-state index < -0.39 is 0 Å². The summed E-state index contributed by atoms with van der Waals surface area (Å²) >= 11 is 0. The minimum Gasteiger partial charge on any atom is -0.315 e. The molecule has 1 aliphatic rings. The summed E-state index contributed by atoms with van der Waals surface area (Å²) in [6.45, 7) is 1.27. The molecule has 1 aromatic heterocycles. The lowest BCUT2D eigenvalue weighted by molar-refractivity contribution is 0.508. The number of fused-ring (bicyclic) bond motifs is 1. The third-order valence-corrected chi connectivity index (χ3v) is 2.21. The molecule has 0 unspecified atom stereocenters. The fraction of sp³-hybridized carbons (Fsp3) is 0.714. The molecule has 1 aromatic rings. The molecular formula is C7H10N6. The molecule has 0 saturated heterocycles. The van der Waals surface area contributed by atoms with Crippen LogP contribution in [-0.2, 0) is 19.5 Å². The van der Waals surface area contributed by atoms with Gasteiger partial charge in [0.15, 0.2) is 0 Å². The van der Waals surface area contributed by atoms with Crippen LogP contribution in [0.5, 0.6) is 0 Å². The molecule has 0 radical (unpaired) electrons. The van der Waals surface area contributed by atoms with Crippen molar-refractivity contribution in [3.8, 4) is 0 Å². The molecule has 2 rings (SSSR count). The fourth-order valence-corrected chi connectivity index (χ4v) is 1.58. The van der Waals surface area contributed by atoms with Crippen molar-refractivity contribution in [2.75, 3.05) is 0 Å². The van der Waals surface area contributed by atoms with Gasteiger partial charge in [-0.15, -0.1) is 10.2 Å². The first-order valence-electron chi connectivity index (χ1n) is 4.33. The van der Waals surface area contributed by atoms with E-state index in [9.17, 15) is 0 Å². The third-order valence-electron chi connectivity index (χ3n) is 2.21. The van der Waals surface area contributed by atoms with Gasteiger partial charge in [-0.3, -0.25) is 0 Å². The second kappa shape index (κ2) is 3.45. The monoisotopic (exact) mass is 178 g/mol. The molecular weight excluding hydrogens is 168 g/mol. The zero-order chi connectivity index (χ0) is 9.10. The molecule has 0 fully saturated rings. The van der Waals surface area contributed by atoms with E-state index in [1.54, 1.807) is 0 Å². The summed E-state index contributed by atoms with van der Waals surface area (Å²) in [4.78, 5) is 2.70. The van der Waals surface area contributed by atoms with Crippen LogP contribution in [0.1, 0.15) is 24.5 Å². The van der Waals surface area contributed by atoms with E-state index in [1.165, 1.54) is 6.42 Å². The van der Waals surface area contributed by atoms with Gasteiger partial charge in [-0.1, -0.05) is 5.11 Å².